The van der Waals surface area contributed by atoms with Gasteiger partial charge < -0.3 is 20.3 Å². The third kappa shape index (κ3) is 9.40. The number of ether oxygens (including phenoxy) is 1. The van der Waals surface area contributed by atoms with Crippen molar-refractivity contribution >= 4 is 17.9 Å². The second-order valence-corrected chi connectivity index (χ2v) is 8.81. The number of nitrogens with one attached hydrogen (secondary N) is 2. The molecule has 0 bridgehead atoms. The number of nitrogens with zero attached hydrogens (tertiary/aromatic N) is 1. The van der Waals surface area contributed by atoms with Crippen molar-refractivity contribution in [1.82, 2.24) is 15.5 Å². The van der Waals surface area contributed by atoms with E-state index in [-0.39, 0.29) is 12.5 Å². The summed E-state index contributed by atoms with van der Waals surface area (Å²) >= 11 is 0. The van der Waals surface area contributed by atoms with Crippen LogP contribution in [-0.2, 0) is 14.3 Å². The van der Waals surface area contributed by atoms with Crippen molar-refractivity contribution in [3.63, 3.8) is 0 Å². The highest BCUT2D eigenvalue weighted by Crippen LogP contribution is 2.23. The summed E-state index contributed by atoms with van der Waals surface area (Å²) in [4.78, 5) is 40.1. The molecule has 0 aliphatic rings. The first-order valence-electron chi connectivity index (χ1n) is 11.3. The van der Waals surface area contributed by atoms with Crippen molar-refractivity contribution in [3.8, 4) is 12.3 Å². The number of unbranched alkanes of at least 4 members (excludes halogenated alkanes) is 2. The Hall–Kier alpha value is -3.27. The van der Waals surface area contributed by atoms with Gasteiger partial charge in [0.05, 0.1) is 0 Å². The number of carbonyl (C=O) groups is 3. The lowest BCUT2D eigenvalue weighted by atomic mass is 10.0. The molecule has 3 amide bonds. The van der Waals surface area contributed by atoms with Crippen molar-refractivity contribution in [2.45, 2.75) is 71.6 Å². The average Bonchev–Trinajstić information content (AvgIpc) is 2.75. The van der Waals surface area contributed by atoms with Crippen LogP contribution >= 0.6 is 0 Å². The summed E-state index contributed by atoms with van der Waals surface area (Å²) in [5.41, 5.74) is 0.580. The minimum Gasteiger partial charge on any atom is -0.444 e. The van der Waals surface area contributed by atoms with Crippen molar-refractivity contribution < 1.29 is 19.1 Å². The van der Waals surface area contributed by atoms with E-state index < -0.39 is 29.7 Å². The van der Waals surface area contributed by atoms with Crippen LogP contribution in [0.4, 0.5) is 4.79 Å². The molecule has 0 saturated heterocycles. The van der Waals surface area contributed by atoms with Crippen molar-refractivity contribution in [2.24, 2.45) is 0 Å². The van der Waals surface area contributed by atoms with Crippen LogP contribution in [0.1, 0.15) is 71.0 Å². The number of benzene rings is 1. The highest BCUT2D eigenvalue weighted by Gasteiger charge is 2.34. The number of hydrogen-bond acceptors (Lipinski definition) is 4. The Kier molecular flexibility index (Phi) is 11.2. The van der Waals surface area contributed by atoms with Crippen LogP contribution in [0.5, 0.6) is 0 Å². The van der Waals surface area contributed by atoms with Gasteiger partial charge in [-0.2, -0.15) is 0 Å². The first kappa shape index (κ1) is 27.8. The highest BCUT2D eigenvalue weighted by atomic mass is 16.6. The molecule has 7 heteroatoms. The van der Waals surface area contributed by atoms with Gasteiger partial charge >= 0.3 is 6.09 Å². The molecule has 0 saturated carbocycles. The Morgan fingerprint density at radius 3 is 2.36 bits per heavy atom. The molecule has 2 unspecified atom stereocenters. The lowest BCUT2D eigenvalue weighted by Gasteiger charge is -2.33. The van der Waals surface area contributed by atoms with Gasteiger partial charge in [-0.1, -0.05) is 43.9 Å². The number of rotatable bonds is 11. The molecule has 2 N–H and O–H groups in total. The minimum absolute atomic E-state index is 0.114. The van der Waals surface area contributed by atoms with Crippen LogP contribution in [0.2, 0.25) is 0 Å². The first-order valence-corrected chi connectivity index (χ1v) is 11.3. The zero-order valence-electron chi connectivity index (χ0n) is 20.4. The fraction of sp³-hybridized carbons (Fsp3) is 0.500. The summed E-state index contributed by atoms with van der Waals surface area (Å²) in [7, 11) is 0. The third-order valence-electron chi connectivity index (χ3n) is 4.75. The van der Waals surface area contributed by atoms with Gasteiger partial charge in [-0.05, 0) is 51.8 Å². The van der Waals surface area contributed by atoms with Gasteiger partial charge in [-0.15, -0.1) is 13.0 Å². The van der Waals surface area contributed by atoms with Gasteiger partial charge in [-0.3, -0.25) is 9.59 Å². The van der Waals surface area contributed by atoms with Gasteiger partial charge in [-0.25, -0.2) is 4.79 Å². The summed E-state index contributed by atoms with van der Waals surface area (Å²) in [5, 5.41) is 5.48. The number of carbonyl (C=O) groups excluding carboxylic acids is 3. The molecule has 2 atom stereocenters. The average molecular weight is 456 g/mol. The number of amides is 3. The SMILES string of the molecule is C#Cc1ccc(C(C(=O)NCCCCC)N(CC=C)C(=O)C(C)NC(=O)OC(C)(C)C)cc1. The van der Waals surface area contributed by atoms with Crippen molar-refractivity contribution in [2.75, 3.05) is 13.1 Å². The van der Waals surface area contributed by atoms with E-state index in [0.717, 1.165) is 19.3 Å². The topological polar surface area (TPSA) is 87.7 Å². The molecule has 0 spiro atoms. The smallest absolute Gasteiger partial charge is 0.408 e. The minimum atomic E-state index is -0.917. The normalized spacial score (nSPS) is 12.6. The van der Waals surface area contributed by atoms with Crippen LogP contribution < -0.4 is 10.6 Å². The molecule has 0 fully saturated rings. The zero-order valence-corrected chi connectivity index (χ0v) is 20.4. The largest absolute Gasteiger partial charge is 0.444 e. The summed E-state index contributed by atoms with van der Waals surface area (Å²) in [6.45, 7) is 13.2. The van der Waals surface area contributed by atoms with E-state index in [4.69, 9.17) is 11.2 Å². The van der Waals surface area contributed by atoms with Gasteiger partial charge in [0.2, 0.25) is 11.8 Å². The number of terminal acetylenes is 1. The molecule has 0 aliphatic carbocycles. The summed E-state index contributed by atoms with van der Waals surface area (Å²) in [5.74, 6) is 1.81. The van der Waals surface area contributed by atoms with Crippen molar-refractivity contribution in [1.29, 1.82) is 0 Å². The van der Waals surface area contributed by atoms with Crippen LogP contribution in [0.3, 0.4) is 0 Å². The van der Waals surface area contributed by atoms with Gasteiger partial charge in [0.1, 0.15) is 17.7 Å². The standard InChI is InChI=1S/C26H37N3O4/c1-8-11-12-17-27-23(30)22(21-15-13-20(10-3)14-16-21)29(18-9-2)24(31)19(4)28-25(32)33-26(5,6)7/h3,9,13-16,19,22H,2,8,11-12,17-18H2,1,4-7H3,(H,27,30)(H,28,32). The Morgan fingerprint density at radius 2 is 1.85 bits per heavy atom. The molecule has 7 nitrogen and oxygen atoms in total. The van der Waals surface area contributed by atoms with Crippen LogP contribution in [0.25, 0.3) is 0 Å². The van der Waals surface area contributed by atoms with E-state index in [1.165, 1.54) is 4.90 Å². The molecule has 0 aromatic heterocycles. The third-order valence-corrected chi connectivity index (χ3v) is 4.75. The number of alkyl carbamates (subject to hydrolysis) is 1. The lowest BCUT2D eigenvalue weighted by molar-refractivity contribution is -0.141. The monoisotopic (exact) mass is 455 g/mol. The molecule has 0 heterocycles. The zero-order chi connectivity index (χ0) is 25.0. The maximum Gasteiger partial charge on any atom is 0.408 e. The van der Waals surface area contributed by atoms with E-state index in [1.807, 2.05) is 0 Å². The van der Waals surface area contributed by atoms with Gasteiger partial charge in [0, 0.05) is 18.7 Å². The highest BCUT2D eigenvalue weighted by molar-refractivity contribution is 5.92. The van der Waals surface area contributed by atoms with Crippen LogP contribution in [-0.4, -0.2) is 47.5 Å². The summed E-state index contributed by atoms with van der Waals surface area (Å²) in [6.07, 6.45) is 9.16. The second-order valence-electron chi connectivity index (χ2n) is 8.81. The van der Waals surface area contributed by atoms with Gasteiger partial charge in [0.15, 0.2) is 0 Å². The molecule has 33 heavy (non-hydrogen) atoms. The summed E-state index contributed by atoms with van der Waals surface area (Å²) < 4.78 is 5.25. The predicted octanol–water partition coefficient (Wildman–Crippen LogP) is 3.94. The molecule has 1 aromatic carbocycles. The molecular weight excluding hydrogens is 418 g/mol. The predicted molar refractivity (Wildman–Crippen MR) is 130 cm³/mol. The molecule has 1 aromatic rings. The second kappa shape index (κ2) is 13.3. The van der Waals surface area contributed by atoms with Crippen LogP contribution in [0, 0.1) is 12.3 Å². The molecule has 0 aliphatic heterocycles. The quantitative estimate of drug-likeness (QED) is 0.301. The first-order chi connectivity index (χ1) is 15.5. The van der Waals surface area contributed by atoms with Crippen LogP contribution in [0.15, 0.2) is 36.9 Å². The van der Waals surface area contributed by atoms with E-state index >= 15 is 0 Å². The summed E-state index contributed by atoms with van der Waals surface area (Å²) in [6, 6.07) is 5.10. The van der Waals surface area contributed by atoms with Crippen molar-refractivity contribution in [3.05, 3.63) is 48.0 Å². The fourth-order valence-corrected chi connectivity index (χ4v) is 3.17. The Balaban J connectivity index is 3.20. The molecule has 0 radical (unpaired) electrons. The number of hydrogen-bond donors (Lipinski definition) is 2. The molecule has 180 valence electrons. The van der Waals surface area contributed by atoms with E-state index in [1.54, 1.807) is 58.0 Å². The maximum absolute atomic E-state index is 13.3. The van der Waals surface area contributed by atoms with Gasteiger partial charge in [0.25, 0.3) is 0 Å². The maximum atomic E-state index is 13.3. The molecule has 1 rings (SSSR count). The Labute approximate surface area is 197 Å². The van der Waals surface area contributed by atoms with E-state index in [2.05, 4.69) is 30.1 Å². The van der Waals surface area contributed by atoms with E-state index in [0.29, 0.717) is 17.7 Å². The fourth-order valence-electron chi connectivity index (χ4n) is 3.17. The Morgan fingerprint density at radius 1 is 1.21 bits per heavy atom. The Bertz CT molecular complexity index is 850. The molecular formula is C26H37N3O4. The van der Waals surface area contributed by atoms with E-state index in [9.17, 15) is 14.4 Å². The lowest BCUT2D eigenvalue weighted by Crippen LogP contribution is -2.52.